The van der Waals surface area contributed by atoms with Gasteiger partial charge in [0.2, 0.25) is 5.91 Å². The fourth-order valence-electron chi connectivity index (χ4n) is 1.17. The minimum atomic E-state index is -0.0886. The van der Waals surface area contributed by atoms with Gasteiger partial charge in [0.1, 0.15) is 0 Å². The van der Waals surface area contributed by atoms with Crippen LogP contribution in [0.25, 0.3) is 6.08 Å². The quantitative estimate of drug-likeness (QED) is 0.801. The zero-order chi connectivity index (χ0) is 12.0. The van der Waals surface area contributed by atoms with Gasteiger partial charge in [-0.2, -0.15) is 0 Å². The fraction of sp³-hybridized carbons (Fsp3) is 0.308. The van der Waals surface area contributed by atoms with Crippen LogP contribution in [0, 0.1) is 0 Å². The second-order valence-electron chi connectivity index (χ2n) is 3.67. The van der Waals surface area contributed by atoms with Crippen LogP contribution in [0.4, 0.5) is 0 Å². The number of halogens is 1. The summed E-state index contributed by atoms with van der Waals surface area (Å²) in [6, 6.07) is 7.61. The summed E-state index contributed by atoms with van der Waals surface area (Å²) in [5.74, 6) is -0.0886. The molecule has 2 nitrogen and oxygen atoms in total. The van der Waals surface area contributed by atoms with Gasteiger partial charge in [0, 0.05) is 17.1 Å². The van der Waals surface area contributed by atoms with Crippen LogP contribution >= 0.6 is 11.6 Å². The minimum absolute atomic E-state index is 0.0886. The number of hydrogen-bond acceptors (Lipinski definition) is 1. The molecule has 1 N–H and O–H groups in total. The highest BCUT2D eigenvalue weighted by Crippen LogP contribution is 2.15. The molecule has 86 valence electrons. The predicted octanol–water partition coefficient (Wildman–Crippen LogP) is 3.27. The van der Waals surface area contributed by atoms with Gasteiger partial charge < -0.3 is 5.32 Å². The summed E-state index contributed by atoms with van der Waals surface area (Å²) in [6.07, 6.45) is 4.15. The number of carbonyl (C=O) groups excluding carboxylic acids is 1. The van der Waals surface area contributed by atoms with E-state index in [1.807, 2.05) is 32.0 Å². The summed E-state index contributed by atoms with van der Waals surface area (Å²) >= 11 is 5.96. The van der Waals surface area contributed by atoms with E-state index in [0.29, 0.717) is 5.02 Å². The second kappa shape index (κ2) is 6.33. The Morgan fingerprint density at radius 3 is 2.81 bits per heavy atom. The van der Waals surface area contributed by atoms with Crippen molar-refractivity contribution >= 4 is 23.6 Å². The Bertz CT molecular complexity index is 387. The van der Waals surface area contributed by atoms with Gasteiger partial charge >= 0.3 is 0 Å². The van der Waals surface area contributed by atoms with Gasteiger partial charge in [-0.15, -0.1) is 0 Å². The van der Waals surface area contributed by atoms with E-state index in [9.17, 15) is 4.79 Å². The Labute approximate surface area is 101 Å². The van der Waals surface area contributed by atoms with Crippen LogP contribution in [0.15, 0.2) is 30.3 Å². The number of hydrogen-bond donors (Lipinski definition) is 1. The van der Waals surface area contributed by atoms with Crippen molar-refractivity contribution in [1.29, 1.82) is 0 Å². The van der Waals surface area contributed by atoms with Crippen molar-refractivity contribution < 1.29 is 4.79 Å². The summed E-state index contributed by atoms with van der Waals surface area (Å²) in [6.45, 7) is 4.00. The maximum Gasteiger partial charge on any atom is 0.244 e. The molecule has 1 atom stereocenters. The van der Waals surface area contributed by atoms with Crippen LogP contribution in [-0.4, -0.2) is 11.9 Å². The molecule has 0 aromatic heterocycles. The van der Waals surface area contributed by atoms with Gasteiger partial charge in [-0.25, -0.2) is 0 Å². The Hall–Kier alpha value is -1.28. The molecular weight excluding hydrogens is 222 g/mol. The van der Waals surface area contributed by atoms with E-state index < -0.39 is 0 Å². The summed E-state index contributed by atoms with van der Waals surface area (Å²) in [5.41, 5.74) is 0.850. The Morgan fingerprint density at radius 2 is 2.19 bits per heavy atom. The van der Waals surface area contributed by atoms with E-state index in [-0.39, 0.29) is 11.9 Å². The number of amides is 1. The second-order valence-corrected chi connectivity index (χ2v) is 4.08. The van der Waals surface area contributed by atoms with Crippen LogP contribution in [0.5, 0.6) is 0 Å². The first kappa shape index (κ1) is 12.8. The largest absolute Gasteiger partial charge is 0.350 e. The van der Waals surface area contributed by atoms with Gasteiger partial charge in [0.25, 0.3) is 0 Å². The van der Waals surface area contributed by atoms with Gasteiger partial charge in [-0.1, -0.05) is 36.7 Å². The maximum absolute atomic E-state index is 11.5. The molecule has 16 heavy (non-hydrogen) atoms. The topological polar surface area (TPSA) is 29.1 Å². The van der Waals surface area contributed by atoms with Gasteiger partial charge in [0.15, 0.2) is 0 Å². The molecule has 0 unspecified atom stereocenters. The van der Waals surface area contributed by atoms with Crippen LogP contribution in [0.1, 0.15) is 25.8 Å². The monoisotopic (exact) mass is 237 g/mol. The first-order valence-electron chi connectivity index (χ1n) is 5.36. The average Bonchev–Trinajstić information content (AvgIpc) is 2.28. The summed E-state index contributed by atoms with van der Waals surface area (Å²) in [7, 11) is 0. The molecular formula is C13H16ClNO. The molecule has 0 aliphatic heterocycles. The molecule has 0 spiro atoms. The van der Waals surface area contributed by atoms with Crippen molar-refractivity contribution in [2.45, 2.75) is 26.3 Å². The molecule has 1 aromatic rings. The lowest BCUT2D eigenvalue weighted by atomic mass is 10.2. The van der Waals surface area contributed by atoms with Crippen molar-refractivity contribution in [3.05, 3.63) is 40.9 Å². The number of benzene rings is 1. The molecule has 0 bridgehead atoms. The van der Waals surface area contributed by atoms with Gasteiger partial charge in [-0.05, 0) is 31.1 Å². The molecule has 1 rings (SSSR count). The standard InChI is InChI=1S/C13H16ClNO/c1-3-10(2)15-13(16)9-8-11-6-4-5-7-12(11)14/h4-10H,3H2,1-2H3,(H,15,16)/b9-8-/t10-/m1/s1. The summed E-state index contributed by atoms with van der Waals surface area (Å²) in [4.78, 5) is 11.5. The summed E-state index contributed by atoms with van der Waals surface area (Å²) in [5, 5.41) is 3.50. The molecule has 0 saturated carbocycles. The van der Waals surface area contributed by atoms with E-state index in [2.05, 4.69) is 5.32 Å². The van der Waals surface area contributed by atoms with E-state index in [1.165, 1.54) is 6.08 Å². The lowest BCUT2D eigenvalue weighted by Gasteiger charge is -2.08. The zero-order valence-electron chi connectivity index (χ0n) is 9.53. The summed E-state index contributed by atoms with van der Waals surface area (Å²) < 4.78 is 0. The lowest BCUT2D eigenvalue weighted by molar-refractivity contribution is -0.117. The normalized spacial score (nSPS) is 12.7. The molecule has 0 heterocycles. The van der Waals surface area contributed by atoms with E-state index in [0.717, 1.165) is 12.0 Å². The number of rotatable bonds is 4. The maximum atomic E-state index is 11.5. The zero-order valence-corrected chi connectivity index (χ0v) is 10.3. The Morgan fingerprint density at radius 1 is 1.50 bits per heavy atom. The highest BCUT2D eigenvalue weighted by molar-refractivity contribution is 6.32. The van der Waals surface area contributed by atoms with Crippen molar-refractivity contribution in [3.63, 3.8) is 0 Å². The highest BCUT2D eigenvalue weighted by atomic mass is 35.5. The molecule has 0 aliphatic rings. The Balaban J connectivity index is 2.60. The van der Waals surface area contributed by atoms with Crippen molar-refractivity contribution in [1.82, 2.24) is 5.32 Å². The molecule has 0 saturated heterocycles. The van der Waals surface area contributed by atoms with Crippen molar-refractivity contribution in [2.24, 2.45) is 0 Å². The van der Waals surface area contributed by atoms with E-state index in [1.54, 1.807) is 12.1 Å². The van der Waals surface area contributed by atoms with Crippen LogP contribution < -0.4 is 5.32 Å². The molecule has 0 aliphatic carbocycles. The molecule has 1 amide bonds. The predicted molar refractivity (Wildman–Crippen MR) is 68.4 cm³/mol. The molecule has 0 fully saturated rings. The third kappa shape index (κ3) is 4.07. The fourth-order valence-corrected chi connectivity index (χ4v) is 1.37. The van der Waals surface area contributed by atoms with Crippen molar-refractivity contribution in [2.75, 3.05) is 0 Å². The number of nitrogens with one attached hydrogen (secondary N) is 1. The first-order valence-corrected chi connectivity index (χ1v) is 5.74. The number of carbonyl (C=O) groups is 1. The third-order valence-electron chi connectivity index (χ3n) is 2.32. The van der Waals surface area contributed by atoms with E-state index in [4.69, 9.17) is 11.6 Å². The van der Waals surface area contributed by atoms with Gasteiger partial charge in [0.05, 0.1) is 0 Å². The molecule has 1 aromatic carbocycles. The lowest BCUT2D eigenvalue weighted by Crippen LogP contribution is -2.30. The Kier molecular flexibility index (Phi) is 5.06. The first-order chi connectivity index (χ1) is 7.63. The minimum Gasteiger partial charge on any atom is -0.350 e. The smallest absolute Gasteiger partial charge is 0.244 e. The van der Waals surface area contributed by atoms with Crippen LogP contribution in [0.2, 0.25) is 5.02 Å². The third-order valence-corrected chi connectivity index (χ3v) is 2.66. The SMILES string of the molecule is CC[C@@H](C)NC(=O)/C=C\c1ccccc1Cl. The van der Waals surface area contributed by atoms with Gasteiger partial charge in [-0.3, -0.25) is 4.79 Å². The highest BCUT2D eigenvalue weighted by Gasteiger charge is 2.01. The van der Waals surface area contributed by atoms with Crippen molar-refractivity contribution in [3.8, 4) is 0 Å². The average molecular weight is 238 g/mol. The van der Waals surface area contributed by atoms with Crippen LogP contribution in [-0.2, 0) is 4.79 Å². The molecule has 3 heteroatoms. The van der Waals surface area contributed by atoms with Crippen LogP contribution in [0.3, 0.4) is 0 Å². The van der Waals surface area contributed by atoms with E-state index >= 15 is 0 Å². The molecule has 0 radical (unpaired) electrons.